The summed E-state index contributed by atoms with van der Waals surface area (Å²) in [6.07, 6.45) is 1.58. The number of pyridine rings is 1. The lowest BCUT2D eigenvalue weighted by atomic mass is 10.2. The molecule has 3 N–H and O–H groups in total. The number of rotatable bonds is 3. The number of halogens is 1. The largest absolute Gasteiger partial charge is 0.382 e. The van der Waals surface area contributed by atoms with Crippen LogP contribution in [-0.2, 0) is 0 Å². The number of nitrogens with zero attached hydrogens (tertiary/aromatic N) is 2. The zero-order valence-electron chi connectivity index (χ0n) is 9.89. The molecule has 5 heteroatoms. The van der Waals surface area contributed by atoms with E-state index in [4.69, 9.17) is 11.1 Å². The van der Waals surface area contributed by atoms with Crippen molar-refractivity contribution in [2.45, 2.75) is 0 Å². The van der Waals surface area contributed by atoms with Gasteiger partial charge in [0, 0.05) is 18.9 Å². The van der Waals surface area contributed by atoms with Crippen molar-refractivity contribution in [2.24, 2.45) is 5.73 Å². The van der Waals surface area contributed by atoms with Gasteiger partial charge in [-0.05, 0) is 36.4 Å². The van der Waals surface area contributed by atoms with Gasteiger partial charge in [-0.1, -0.05) is 0 Å². The Kier molecular flexibility index (Phi) is 3.23. The summed E-state index contributed by atoms with van der Waals surface area (Å²) in [7, 11) is 1.82. The molecule has 0 amide bonds. The second-order valence-corrected chi connectivity index (χ2v) is 3.82. The Bertz CT molecular complexity index is 565. The number of aromatic nitrogens is 1. The number of hydrogen-bond donors (Lipinski definition) is 2. The molecule has 0 aliphatic heterocycles. The number of anilines is 2. The topological polar surface area (TPSA) is 66.0 Å². The van der Waals surface area contributed by atoms with Crippen LogP contribution in [0.4, 0.5) is 15.8 Å². The Balaban J connectivity index is 2.42. The van der Waals surface area contributed by atoms with E-state index in [0.29, 0.717) is 11.4 Å². The molecule has 0 bridgehead atoms. The van der Waals surface area contributed by atoms with Gasteiger partial charge in [0.05, 0.1) is 5.69 Å². The van der Waals surface area contributed by atoms with Crippen molar-refractivity contribution in [1.29, 1.82) is 5.41 Å². The Morgan fingerprint density at radius 1 is 1.28 bits per heavy atom. The van der Waals surface area contributed by atoms with Crippen LogP contribution >= 0.6 is 0 Å². The molecule has 0 atom stereocenters. The first kappa shape index (κ1) is 12.0. The van der Waals surface area contributed by atoms with E-state index in [2.05, 4.69) is 4.98 Å². The molecule has 0 aliphatic rings. The highest BCUT2D eigenvalue weighted by atomic mass is 19.1. The Morgan fingerprint density at radius 2 is 1.94 bits per heavy atom. The standard InChI is InChI=1S/C13H13FN4/c1-18(10-6-4-9(14)5-7-10)11-3-2-8-17-12(11)13(15)16/h2-8H,1H3,(H3,15,16). The van der Waals surface area contributed by atoms with Crippen LogP contribution in [0.2, 0.25) is 0 Å². The minimum Gasteiger partial charge on any atom is -0.382 e. The van der Waals surface area contributed by atoms with E-state index in [1.165, 1.54) is 12.1 Å². The molecule has 4 nitrogen and oxygen atoms in total. The van der Waals surface area contributed by atoms with Crippen molar-refractivity contribution < 1.29 is 4.39 Å². The van der Waals surface area contributed by atoms with Gasteiger partial charge in [0.2, 0.25) is 0 Å². The second-order valence-electron chi connectivity index (χ2n) is 3.82. The zero-order chi connectivity index (χ0) is 13.1. The number of nitrogens with one attached hydrogen (secondary N) is 1. The van der Waals surface area contributed by atoms with Crippen LogP contribution in [0.15, 0.2) is 42.6 Å². The van der Waals surface area contributed by atoms with E-state index in [-0.39, 0.29) is 11.7 Å². The lowest BCUT2D eigenvalue weighted by Crippen LogP contribution is -2.19. The molecule has 2 rings (SSSR count). The van der Waals surface area contributed by atoms with Crippen molar-refractivity contribution >= 4 is 17.2 Å². The summed E-state index contributed by atoms with van der Waals surface area (Å²) in [6, 6.07) is 9.67. The number of nitrogens with two attached hydrogens (primary N) is 1. The van der Waals surface area contributed by atoms with Crippen molar-refractivity contribution in [3.05, 3.63) is 54.1 Å². The summed E-state index contributed by atoms with van der Waals surface area (Å²) in [4.78, 5) is 5.89. The van der Waals surface area contributed by atoms with Crippen LogP contribution < -0.4 is 10.6 Å². The van der Waals surface area contributed by atoms with Gasteiger partial charge in [-0.2, -0.15) is 0 Å². The molecule has 0 spiro atoms. The normalized spacial score (nSPS) is 10.1. The fraction of sp³-hybridized carbons (Fsp3) is 0.0769. The number of hydrogen-bond acceptors (Lipinski definition) is 3. The molecule has 0 saturated heterocycles. The molecule has 0 aliphatic carbocycles. The van der Waals surface area contributed by atoms with Gasteiger partial charge >= 0.3 is 0 Å². The van der Waals surface area contributed by atoms with E-state index in [1.54, 1.807) is 24.4 Å². The minimum atomic E-state index is -0.287. The average Bonchev–Trinajstić information content (AvgIpc) is 2.39. The van der Waals surface area contributed by atoms with Gasteiger partial charge in [-0.25, -0.2) is 4.39 Å². The summed E-state index contributed by atoms with van der Waals surface area (Å²) >= 11 is 0. The zero-order valence-corrected chi connectivity index (χ0v) is 9.89. The molecule has 0 saturated carbocycles. The van der Waals surface area contributed by atoms with E-state index in [0.717, 1.165) is 5.69 Å². The molecule has 18 heavy (non-hydrogen) atoms. The van der Waals surface area contributed by atoms with Crippen molar-refractivity contribution in [2.75, 3.05) is 11.9 Å². The average molecular weight is 244 g/mol. The quantitative estimate of drug-likeness (QED) is 0.643. The molecular formula is C13H13FN4. The first-order valence-electron chi connectivity index (χ1n) is 5.38. The highest BCUT2D eigenvalue weighted by Crippen LogP contribution is 2.25. The third-order valence-corrected chi connectivity index (χ3v) is 2.62. The highest BCUT2D eigenvalue weighted by molar-refractivity contribution is 5.99. The molecule has 1 aromatic carbocycles. The fourth-order valence-corrected chi connectivity index (χ4v) is 1.68. The number of amidine groups is 1. The maximum Gasteiger partial charge on any atom is 0.143 e. The minimum absolute atomic E-state index is 0.0976. The summed E-state index contributed by atoms with van der Waals surface area (Å²) in [5, 5.41) is 7.49. The van der Waals surface area contributed by atoms with Crippen molar-refractivity contribution in [1.82, 2.24) is 4.98 Å². The van der Waals surface area contributed by atoms with Gasteiger partial charge in [-0.3, -0.25) is 10.4 Å². The van der Waals surface area contributed by atoms with Crippen LogP contribution in [0, 0.1) is 11.2 Å². The SMILES string of the molecule is CN(c1ccc(F)cc1)c1cccnc1C(=N)N. The fourth-order valence-electron chi connectivity index (χ4n) is 1.68. The monoisotopic (exact) mass is 244 g/mol. The summed E-state index contributed by atoms with van der Waals surface area (Å²) in [5.41, 5.74) is 7.40. The van der Waals surface area contributed by atoms with Gasteiger partial charge in [-0.15, -0.1) is 0 Å². The lowest BCUT2D eigenvalue weighted by Gasteiger charge is -2.21. The van der Waals surface area contributed by atoms with Crippen LogP contribution in [-0.4, -0.2) is 17.9 Å². The second kappa shape index (κ2) is 4.83. The van der Waals surface area contributed by atoms with Crippen LogP contribution in [0.3, 0.4) is 0 Å². The first-order valence-corrected chi connectivity index (χ1v) is 5.38. The third-order valence-electron chi connectivity index (χ3n) is 2.62. The lowest BCUT2D eigenvalue weighted by molar-refractivity contribution is 0.628. The molecular weight excluding hydrogens is 231 g/mol. The number of benzene rings is 1. The van der Waals surface area contributed by atoms with Crippen molar-refractivity contribution in [3.8, 4) is 0 Å². The van der Waals surface area contributed by atoms with Crippen LogP contribution in [0.5, 0.6) is 0 Å². The molecule has 92 valence electrons. The van der Waals surface area contributed by atoms with Gasteiger partial charge in [0.25, 0.3) is 0 Å². The van der Waals surface area contributed by atoms with E-state index in [9.17, 15) is 4.39 Å². The molecule has 0 fully saturated rings. The maximum atomic E-state index is 12.9. The van der Waals surface area contributed by atoms with E-state index >= 15 is 0 Å². The summed E-state index contributed by atoms with van der Waals surface area (Å²) in [6.45, 7) is 0. The van der Waals surface area contributed by atoms with Crippen LogP contribution in [0.25, 0.3) is 0 Å². The molecule has 1 heterocycles. The van der Waals surface area contributed by atoms with Crippen LogP contribution in [0.1, 0.15) is 5.69 Å². The Morgan fingerprint density at radius 3 is 2.56 bits per heavy atom. The Labute approximate surface area is 104 Å². The van der Waals surface area contributed by atoms with Gasteiger partial charge in [0.15, 0.2) is 0 Å². The third kappa shape index (κ3) is 2.29. The number of nitrogen functional groups attached to an aromatic ring is 1. The first-order chi connectivity index (χ1) is 8.59. The Hall–Kier alpha value is -2.43. The van der Waals surface area contributed by atoms with Gasteiger partial charge < -0.3 is 10.6 Å². The van der Waals surface area contributed by atoms with Crippen molar-refractivity contribution in [3.63, 3.8) is 0 Å². The smallest absolute Gasteiger partial charge is 0.143 e. The molecule has 1 aromatic heterocycles. The molecule has 2 aromatic rings. The van der Waals surface area contributed by atoms with E-state index < -0.39 is 0 Å². The highest BCUT2D eigenvalue weighted by Gasteiger charge is 2.11. The maximum absolute atomic E-state index is 12.9. The predicted molar refractivity (Wildman–Crippen MR) is 69.7 cm³/mol. The molecule has 0 unspecified atom stereocenters. The molecule has 0 radical (unpaired) electrons. The van der Waals surface area contributed by atoms with Gasteiger partial charge in [0.1, 0.15) is 17.3 Å². The summed E-state index contributed by atoms with van der Waals surface area (Å²) < 4.78 is 12.9. The summed E-state index contributed by atoms with van der Waals surface area (Å²) in [5.74, 6) is -0.385. The predicted octanol–water partition coefficient (Wildman–Crippen LogP) is 2.27. The van der Waals surface area contributed by atoms with E-state index in [1.807, 2.05) is 18.0 Å².